The van der Waals surface area contributed by atoms with E-state index in [1.807, 2.05) is 35.9 Å². The monoisotopic (exact) mass is 422 g/mol. The molecule has 0 radical (unpaired) electrons. The van der Waals surface area contributed by atoms with Crippen LogP contribution >= 0.6 is 35.0 Å². The molecule has 2 aromatic carbocycles. The molecule has 27 heavy (non-hydrogen) atoms. The van der Waals surface area contributed by atoms with Gasteiger partial charge in [0.05, 0.1) is 23.6 Å². The van der Waals surface area contributed by atoms with Gasteiger partial charge in [0.25, 0.3) is 0 Å². The maximum absolute atomic E-state index is 12.2. The molecule has 0 fully saturated rings. The molecule has 0 unspecified atom stereocenters. The van der Waals surface area contributed by atoms with Gasteiger partial charge < -0.3 is 14.6 Å². The Morgan fingerprint density at radius 3 is 2.78 bits per heavy atom. The molecule has 6 nitrogen and oxygen atoms in total. The van der Waals surface area contributed by atoms with Crippen molar-refractivity contribution in [1.29, 1.82) is 0 Å². The Kier molecular flexibility index (Phi) is 6.26. The van der Waals surface area contributed by atoms with Crippen molar-refractivity contribution in [3.63, 3.8) is 0 Å². The summed E-state index contributed by atoms with van der Waals surface area (Å²) in [7, 11) is 3.47. The first-order valence-electron chi connectivity index (χ1n) is 7.89. The minimum absolute atomic E-state index is 0.170. The summed E-state index contributed by atoms with van der Waals surface area (Å²) in [5.74, 6) is 1.40. The highest BCUT2D eigenvalue weighted by atomic mass is 35.5. The molecular weight excluding hydrogens is 407 g/mol. The summed E-state index contributed by atoms with van der Waals surface area (Å²) in [5.41, 5.74) is 1.40. The van der Waals surface area contributed by atoms with Crippen LogP contribution in [0.15, 0.2) is 47.6 Å². The largest absolute Gasteiger partial charge is 0.497 e. The number of halogens is 2. The molecule has 0 saturated carbocycles. The summed E-state index contributed by atoms with van der Waals surface area (Å²) in [6.07, 6.45) is 0. The first-order chi connectivity index (χ1) is 13.0. The predicted octanol–water partition coefficient (Wildman–Crippen LogP) is 4.53. The van der Waals surface area contributed by atoms with Crippen LogP contribution in [0, 0.1) is 0 Å². The number of benzene rings is 2. The molecule has 0 saturated heterocycles. The normalized spacial score (nSPS) is 10.7. The minimum Gasteiger partial charge on any atom is -0.497 e. The van der Waals surface area contributed by atoms with E-state index in [9.17, 15) is 4.79 Å². The molecule has 1 N–H and O–H groups in total. The molecule has 3 aromatic rings. The van der Waals surface area contributed by atoms with E-state index < -0.39 is 0 Å². The standard InChI is InChI=1S/C18H16Cl2N4O2S/c1-24-17(11-4-3-5-13(8-11)26-2)22-23-18(24)27-10-16(25)21-15-7-6-12(19)9-14(15)20/h3-9H,10H2,1-2H3,(H,21,25). The third kappa shape index (κ3) is 4.74. The Balaban J connectivity index is 1.66. The average molecular weight is 423 g/mol. The van der Waals surface area contributed by atoms with Crippen molar-refractivity contribution in [2.75, 3.05) is 18.2 Å². The van der Waals surface area contributed by atoms with Crippen LogP contribution < -0.4 is 10.1 Å². The van der Waals surface area contributed by atoms with Gasteiger partial charge in [0.2, 0.25) is 5.91 Å². The smallest absolute Gasteiger partial charge is 0.234 e. The van der Waals surface area contributed by atoms with Crippen LogP contribution in [-0.4, -0.2) is 33.5 Å². The number of anilines is 1. The van der Waals surface area contributed by atoms with E-state index in [0.717, 1.165) is 11.3 Å². The fourth-order valence-corrected chi connectivity index (χ4v) is 3.53. The maximum atomic E-state index is 12.2. The van der Waals surface area contributed by atoms with Crippen molar-refractivity contribution >= 4 is 46.6 Å². The van der Waals surface area contributed by atoms with Crippen molar-refractivity contribution < 1.29 is 9.53 Å². The molecule has 3 rings (SSSR count). The number of ether oxygens (including phenoxy) is 1. The minimum atomic E-state index is -0.199. The Morgan fingerprint density at radius 1 is 1.22 bits per heavy atom. The molecule has 0 bridgehead atoms. The quantitative estimate of drug-likeness (QED) is 0.590. The highest BCUT2D eigenvalue weighted by molar-refractivity contribution is 7.99. The number of carbonyl (C=O) groups is 1. The summed E-state index contributed by atoms with van der Waals surface area (Å²) in [6.45, 7) is 0. The SMILES string of the molecule is COc1cccc(-c2nnc(SCC(=O)Nc3ccc(Cl)cc3Cl)n2C)c1. The molecule has 0 aliphatic rings. The Hall–Kier alpha value is -2.22. The Morgan fingerprint density at radius 2 is 2.04 bits per heavy atom. The third-order valence-electron chi connectivity index (χ3n) is 3.70. The number of nitrogens with one attached hydrogen (secondary N) is 1. The molecule has 9 heteroatoms. The molecule has 1 heterocycles. The van der Waals surface area contributed by atoms with Crippen molar-refractivity contribution in [1.82, 2.24) is 14.8 Å². The van der Waals surface area contributed by atoms with Gasteiger partial charge in [-0.1, -0.05) is 47.1 Å². The predicted molar refractivity (Wildman–Crippen MR) is 109 cm³/mol. The molecule has 140 valence electrons. The van der Waals surface area contributed by atoms with E-state index in [2.05, 4.69) is 15.5 Å². The van der Waals surface area contributed by atoms with Gasteiger partial charge in [-0.2, -0.15) is 0 Å². The van der Waals surface area contributed by atoms with E-state index in [4.69, 9.17) is 27.9 Å². The zero-order chi connectivity index (χ0) is 19.4. The number of aromatic nitrogens is 3. The summed E-state index contributed by atoms with van der Waals surface area (Å²) >= 11 is 13.2. The first kappa shape index (κ1) is 19.5. The highest BCUT2D eigenvalue weighted by Crippen LogP contribution is 2.27. The number of hydrogen-bond acceptors (Lipinski definition) is 5. The van der Waals surface area contributed by atoms with Crippen LogP contribution in [0.4, 0.5) is 5.69 Å². The van der Waals surface area contributed by atoms with Gasteiger partial charge in [0.1, 0.15) is 5.75 Å². The number of hydrogen-bond donors (Lipinski definition) is 1. The van der Waals surface area contributed by atoms with Crippen LogP contribution in [0.3, 0.4) is 0 Å². The molecule has 0 aliphatic carbocycles. The van der Waals surface area contributed by atoms with Crippen molar-refractivity contribution in [3.05, 3.63) is 52.5 Å². The fourth-order valence-electron chi connectivity index (χ4n) is 2.36. The van der Waals surface area contributed by atoms with E-state index in [1.54, 1.807) is 25.3 Å². The van der Waals surface area contributed by atoms with Crippen molar-refractivity contribution in [3.8, 4) is 17.1 Å². The Bertz CT molecular complexity index is 978. The number of nitrogens with zero attached hydrogens (tertiary/aromatic N) is 3. The van der Waals surface area contributed by atoms with Gasteiger partial charge in [-0.15, -0.1) is 10.2 Å². The van der Waals surface area contributed by atoms with Crippen molar-refractivity contribution in [2.24, 2.45) is 7.05 Å². The lowest BCUT2D eigenvalue weighted by Gasteiger charge is -2.08. The summed E-state index contributed by atoms with van der Waals surface area (Å²) in [6, 6.07) is 12.5. The Labute approximate surface area is 170 Å². The molecule has 1 aromatic heterocycles. The first-order valence-corrected chi connectivity index (χ1v) is 9.63. The molecule has 1 amide bonds. The van der Waals surface area contributed by atoms with Crippen LogP contribution in [0.25, 0.3) is 11.4 Å². The highest BCUT2D eigenvalue weighted by Gasteiger charge is 2.14. The lowest BCUT2D eigenvalue weighted by Crippen LogP contribution is -2.14. The zero-order valence-electron chi connectivity index (χ0n) is 14.6. The molecule has 0 atom stereocenters. The van der Waals surface area contributed by atoms with Crippen LogP contribution in [0.5, 0.6) is 5.75 Å². The summed E-state index contributed by atoms with van der Waals surface area (Å²) < 4.78 is 7.08. The number of thioether (sulfide) groups is 1. The van der Waals surface area contributed by atoms with Gasteiger partial charge in [-0.3, -0.25) is 4.79 Å². The van der Waals surface area contributed by atoms with E-state index in [-0.39, 0.29) is 11.7 Å². The second kappa shape index (κ2) is 8.65. The number of carbonyl (C=O) groups excluding carboxylic acids is 1. The van der Waals surface area contributed by atoms with Crippen LogP contribution in [0.2, 0.25) is 10.0 Å². The topological polar surface area (TPSA) is 69.0 Å². The number of methoxy groups -OCH3 is 1. The van der Waals surface area contributed by atoms with E-state index >= 15 is 0 Å². The lowest BCUT2D eigenvalue weighted by molar-refractivity contribution is -0.113. The summed E-state index contributed by atoms with van der Waals surface area (Å²) in [4.78, 5) is 12.2. The van der Waals surface area contributed by atoms with E-state index in [1.165, 1.54) is 11.8 Å². The van der Waals surface area contributed by atoms with Gasteiger partial charge in [0.15, 0.2) is 11.0 Å². The second-order valence-electron chi connectivity index (χ2n) is 5.56. The molecular formula is C18H16Cl2N4O2S. The summed E-state index contributed by atoms with van der Waals surface area (Å²) in [5, 5.41) is 12.7. The molecule has 0 spiro atoms. The molecule has 0 aliphatic heterocycles. The van der Waals surface area contributed by atoms with Gasteiger partial charge in [0, 0.05) is 17.6 Å². The lowest BCUT2D eigenvalue weighted by atomic mass is 10.2. The number of rotatable bonds is 6. The third-order valence-corrected chi connectivity index (χ3v) is 5.27. The number of amides is 1. The maximum Gasteiger partial charge on any atom is 0.234 e. The van der Waals surface area contributed by atoms with Gasteiger partial charge in [-0.25, -0.2) is 0 Å². The zero-order valence-corrected chi connectivity index (χ0v) is 16.9. The van der Waals surface area contributed by atoms with Crippen molar-refractivity contribution in [2.45, 2.75) is 5.16 Å². The average Bonchev–Trinajstić information content (AvgIpc) is 3.03. The fraction of sp³-hybridized carbons (Fsp3) is 0.167. The van der Waals surface area contributed by atoms with Crippen LogP contribution in [0.1, 0.15) is 0 Å². The van der Waals surface area contributed by atoms with E-state index in [0.29, 0.717) is 26.7 Å². The second-order valence-corrected chi connectivity index (χ2v) is 7.34. The van der Waals surface area contributed by atoms with Gasteiger partial charge >= 0.3 is 0 Å². The van der Waals surface area contributed by atoms with Gasteiger partial charge in [-0.05, 0) is 30.3 Å². The van der Waals surface area contributed by atoms with Crippen LogP contribution in [-0.2, 0) is 11.8 Å².